The molecule has 19 heavy (non-hydrogen) atoms. The van der Waals surface area contributed by atoms with E-state index in [-0.39, 0.29) is 12.2 Å². The van der Waals surface area contributed by atoms with Gasteiger partial charge in [-0.1, -0.05) is 5.16 Å². The van der Waals surface area contributed by atoms with Crippen LogP contribution in [0.1, 0.15) is 37.4 Å². The maximum Gasteiger partial charge on any atom is 0.389 e. The maximum atomic E-state index is 12.0. The Kier molecular flexibility index (Phi) is 4.79. The molecule has 4 nitrogen and oxygen atoms in total. The molecule has 0 spiro atoms. The molecule has 1 aliphatic heterocycles. The fourth-order valence-corrected chi connectivity index (χ4v) is 2.24. The van der Waals surface area contributed by atoms with Crippen molar-refractivity contribution in [3.63, 3.8) is 0 Å². The first-order valence-electron chi connectivity index (χ1n) is 6.62. The molecule has 1 aromatic rings. The smallest absolute Gasteiger partial charge is 0.339 e. The van der Waals surface area contributed by atoms with Crippen LogP contribution in [0, 0.1) is 5.92 Å². The second-order valence-electron chi connectivity index (χ2n) is 4.97. The van der Waals surface area contributed by atoms with E-state index in [1.165, 1.54) is 12.8 Å². The van der Waals surface area contributed by atoms with Gasteiger partial charge >= 0.3 is 6.18 Å². The largest absolute Gasteiger partial charge is 0.389 e. The molecule has 0 radical (unpaired) electrons. The van der Waals surface area contributed by atoms with Crippen molar-refractivity contribution in [3.05, 3.63) is 11.7 Å². The third-order valence-electron chi connectivity index (χ3n) is 3.31. The first-order chi connectivity index (χ1) is 9.03. The lowest BCUT2D eigenvalue weighted by molar-refractivity contribution is -0.134. The average molecular weight is 277 g/mol. The van der Waals surface area contributed by atoms with Crippen molar-refractivity contribution in [2.75, 3.05) is 13.1 Å². The first kappa shape index (κ1) is 14.3. The summed E-state index contributed by atoms with van der Waals surface area (Å²) < 4.78 is 41.1. The highest BCUT2D eigenvalue weighted by atomic mass is 19.4. The van der Waals surface area contributed by atoms with Gasteiger partial charge in [0.25, 0.3) is 0 Å². The number of aromatic nitrogens is 2. The van der Waals surface area contributed by atoms with Crippen molar-refractivity contribution in [3.8, 4) is 0 Å². The van der Waals surface area contributed by atoms with Crippen molar-refractivity contribution in [2.24, 2.45) is 5.92 Å². The van der Waals surface area contributed by atoms with Gasteiger partial charge in [-0.25, -0.2) is 0 Å². The van der Waals surface area contributed by atoms with Crippen molar-refractivity contribution >= 4 is 0 Å². The van der Waals surface area contributed by atoms with Crippen molar-refractivity contribution in [1.29, 1.82) is 0 Å². The van der Waals surface area contributed by atoms with Gasteiger partial charge in [0.05, 0.1) is 6.42 Å². The number of hydrogen-bond acceptors (Lipinski definition) is 4. The standard InChI is InChI=1S/C12H18F3N3O/c13-12(14,15)6-5-10-17-11(19-18-10)4-3-9-2-1-7-16-8-9/h9,16H,1-8H2. The Balaban J connectivity index is 1.74. The molecular weight excluding hydrogens is 259 g/mol. The molecule has 0 saturated carbocycles. The van der Waals surface area contributed by atoms with Gasteiger partial charge in [0.2, 0.25) is 5.89 Å². The molecule has 0 aromatic carbocycles. The summed E-state index contributed by atoms with van der Waals surface area (Å²) in [6.07, 6.45) is -1.35. The van der Waals surface area contributed by atoms with Crippen LogP contribution in [0.3, 0.4) is 0 Å². The van der Waals surface area contributed by atoms with Crippen molar-refractivity contribution in [2.45, 2.75) is 44.7 Å². The van der Waals surface area contributed by atoms with Crippen LogP contribution in [0.5, 0.6) is 0 Å². The summed E-state index contributed by atoms with van der Waals surface area (Å²) in [6, 6.07) is 0. The van der Waals surface area contributed by atoms with Crippen LogP contribution < -0.4 is 5.32 Å². The Morgan fingerprint density at radius 3 is 2.84 bits per heavy atom. The van der Waals surface area contributed by atoms with Crippen molar-refractivity contribution in [1.82, 2.24) is 15.5 Å². The zero-order chi connectivity index (χ0) is 13.7. The van der Waals surface area contributed by atoms with Crippen LogP contribution >= 0.6 is 0 Å². The van der Waals surface area contributed by atoms with Crippen LogP contribution in [-0.4, -0.2) is 29.4 Å². The van der Waals surface area contributed by atoms with Gasteiger partial charge in [0.15, 0.2) is 5.82 Å². The van der Waals surface area contributed by atoms with Gasteiger partial charge in [0.1, 0.15) is 0 Å². The summed E-state index contributed by atoms with van der Waals surface area (Å²) in [7, 11) is 0. The molecule has 0 aliphatic carbocycles. The van der Waals surface area contributed by atoms with Gasteiger partial charge < -0.3 is 9.84 Å². The van der Waals surface area contributed by atoms with E-state index >= 15 is 0 Å². The highest BCUT2D eigenvalue weighted by Gasteiger charge is 2.27. The zero-order valence-electron chi connectivity index (χ0n) is 10.7. The molecule has 108 valence electrons. The lowest BCUT2D eigenvalue weighted by Gasteiger charge is -2.21. The number of halogens is 3. The fourth-order valence-electron chi connectivity index (χ4n) is 2.24. The SMILES string of the molecule is FC(F)(F)CCc1noc(CCC2CCCNC2)n1. The topological polar surface area (TPSA) is 51.0 Å². The number of alkyl halides is 3. The minimum atomic E-state index is -4.17. The van der Waals surface area contributed by atoms with E-state index in [4.69, 9.17) is 4.52 Å². The zero-order valence-corrected chi connectivity index (χ0v) is 10.7. The van der Waals surface area contributed by atoms with Crippen LogP contribution in [0.25, 0.3) is 0 Å². The Morgan fingerprint density at radius 2 is 2.16 bits per heavy atom. The molecule has 7 heteroatoms. The van der Waals surface area contributed by atoms with Gasteiger partial charge in [-0.2, -0.15) is 18.2 Å². The van der Waals surface area contributed by atoms with E-state index in [0.717, 1.165) is 19.5 Å². The minimum absolute atomic E-state index is 0.147. The lowest BCUT2D eigenvalue weighted by atomic mass is 9.95. The van der Waals surface area contributed by atoms with E-state index in [1.807, 2.05) is 0 Å². The molecule has 1 aliphatic rings. The average Bonchev–Trinajstić information content (AvgIpc) is 2.82. The normalized spacial score (nSPS) is 20.7. The lowest BCUT2D eigenvalue weighted by Crippen LogP contribution is -2.29. The quantitative estimate of drug-likeness (QED) is 0.898. The number of nitrogens with zero attached hydrogens (tertiary/aromatic N) is 2. The highest BCUT2D eigenvalue weighted by Crippen LogP contribution is 2.21. The Morgan fingerprint density at radius 1 is 1.32 bits per heavy atom. The summed E-state index contributed by atoms with van der Waals surface area (Å²) in [5.74, 6) is 1.19. The molecule has 1 fully saturated rings. The van der Waals surface area contributed by atoms with Crippen LogP contribution in [0.15, 0.2) is 4.52 Å². The third-order valence-corrected chi connectivity index (χ3v) is 3.31. The Bertz CT molecular complexity index is 386. The molecular formula is C12H18F3N3O. The molecule has 2 rings (SSSR count). The van der Waals surface area contributed by atoms with Gasteiger partial charge in [-0.05, 0) is 38.3 Å². The summed E-state index contributed by atoms with van der Waals surface area (Å²) in [5, 5.41) is 6.90. The molecule has 1 saturated heterocycles. The molecule has 0 bridgehead atoms. The second-order valence-corrected chi connectivity index (χ2v) is 4.97. The highest BCUT2D eigenvalue weighted by molar-refractivity contribution is 4.88. The molecule has 1 unspecified atom stereocenters. The summed E-state index contributed by atoms with van der Waals surface area (Å²) in [4.78, 5) is 4.00. The second kappa shape index (κ2) is 6.36. The summed E-state index contributed by atoms with van der Waals surface area (Å²) in [6.45, 7) is 2.06. The molecule has 0 amide bonds. The minimum Gasteiger partial charge on any atom is -0.339 e. The van der Waals surface area contributed by atoms with Crippen LogP contribution in [0.2, 0.25) is 0 Å². The number of piperidine rings is 1. The predicted molar refractivity (Wildman–Crippen MR) is 62.6 cm³/mol. The van der Waals surface area contributed by atoms with Crippen LogP contribution in [-0.2, 0) is 12.8 Å². The van der Waals surface area contributed by atoms with Gasteiger partial charge in [-0.15, -0.1) is 0 Å². The Hall–Kier alpha value is -1.11. The van der Waals surface area contributed by atoms with Crippen LogP contribution in [0.4, 0.5) is 13.2 Å². The van der Waals surface area contributed by atoms with E-state index in [9.17, 15) is 13.2 Å². The number of hydrogen-bond donors (Lipinski definition) is 1. The first-order valence-corrected chi connectivity index (χ1v) is 6.62. The van der Waals surface area contributed by atoms with Crippen molar-refractivity contribution < 1.29 is 17.7 Å². The predicted octanol–water partition coefficient (Wildman–Crippen LogP) is 2.50. The van der Waals surface area contributed by atoms with Gasteiger partial charge in [-0.3, -0.25) is 0 Å². The van der Waals surface area contributed by atoms with E-state index in [0.29, 0.717) is 18.2 Å². The molecule has 1 aromatic heterocycles. The number of rotatable bonds is 5. The number of aryl methyl sites for hydroxylation is 2. The monoisotopic (exact) mass is 277 g/mol. The molecule has 2 heterocycles. The maximum absolute atomic E-state index is 12.0. The third kappa shape index (κ3) is 5.18. The van der Waals surface area contributed by atoms with E-state index in [2.05, 4.69) is 15.5 Å². The van der Waals surface area contributed by atoms with E-state index in [1.54, 1.807) is 0 Å². The van der Waals surface area contributed by atoms with Gasteiger partial charge in [0, 0.05) is 12.8 Å². The molecule has 1 atom stereocenters. The fraction of sp³-hybridized carbons (Fsp3) is 0.833. The molecule has 1 N–H and O–H groups in total. The van der Waals surface area contributed by atoms with E-state index < -0.39 is 12.6 Å². The Labute approximate surface area is 109 Å². The number of nitrogens with one attached hydrogen (secondary N) is 1. The summed E-state index contributed by atoms with van der Waals surface area (Å²) in [5.41, 5.74) is 0. The summed E-state index contributed by atoms with van der Waals surface area (Å²) >= 11 is 0.